The van der Waals surface area contributed by atoms with Crippen molar-refractivity contribution in [2.24, 2.45) is 17.3 Å². The second kappa shape index (κ2) is 9.60. The smallest absolute Gasteiger partial charge is 0.245 e. The molecule has 7 rings (SSSR count). The normalized spacial score (nSPS) is 33.6. The van der Waals surface area contributed by atoms with E-state index in [0.717, 1.165) is 64.2 Å². The van der Waals surface area contributed by atoms with Gasteiger partial charge in [-0.2, -0.15) is 5.10 Å². The molecule has 1 amide bonds. The van der Waals surface area contributed by atoms with E-state index in [4.69, 9.17) is 16.7 Å². The summed E-state index contributed by atoms with van der Waals surface area (Å²) >= 11 is 7.32. The van der Waals surface area contributed by atoms with E-state index in [2.05, 4.69) is 51.9 Å². The van der Waals surface area contributed by atoms with Gasteiger partial charge in [0, 0.05) is 85.0 Å². The van der Waals surface area contributed by atoms with Crippen LogP contribution in [0.25, 0.3) is 0 Å². The minimum Gasteiger partial charge on any atom is -0.354 e. The summed E-state index contributed by atoms with van der Waals surface area (Å²) in [5, 5.41) is 5.50. The number of carbonyl (C=O) groups is 1. The summed E-state index contributed by atoms with van der Waals surface area (Å²) in [6.07, 6.45) is 9.66. The molecule has 0 aromatic carbocycles. The first-order valence-electron chi connectivity index (χ1n) is 14.6. The van der Waals surface area contributed by atoms with Crippen molar-refractivity contribution in [1.29, 1.82) is 0 Å². The van der Waals surface area contributed by atoms with Gasteiger partial charge < -0.3 is 9.80 Å². The zero-order chi connectivity index (χ0) is 26.9. The van der Waals surface area contributed by atoms with Gasteiger partial charge in [-0.3, -0.25) is 25.3 Å². The highest BCUT2D eigenvalue weighted by Gasteiger charge is 2.55. The number of hydrogen-bond donors (Lipinski definition) is 2. The average molecular weight is 550 g/mol. The summed E-state index contributed by atoms with van der Waals surface area (Å²) in [7, 11) is 0. The SMILES string of the molecule is C=CC(=O)N1CC2(CC(n3nc(N4CCC(c5cccnc5)C4)c(C4C(Cl)C(C)CC5NNCC54)c3C)C2)C1. The van der Waals surface area contributed by atoms with Gasteiger partial charge >= 0.3 is 0 Å². The van der Waals surface area contributed by atoms with Gasteiger partial charge in [-0.05, 0) is 62.1 Å². The predicted octanol–water partition coefficient (Wildman–Crippen LogP) is 3.75. The molecule has 2 aliphatic carbocycles. The van der Waals surface area contributed by atoms with E-state index in [1.54, 1.807) is 0 Å². The molecule has 2 aromatic heterocycles. The Morgan fingerprint density at radius 3 is 2.87 bits per heavy atom. The van der Waals surface area contributed by atoms with Gasteiger partial charge in [-0.1, -0.05) is 19.6 Å². The molecule has 8 nitrogen and oxygen atoms in total. The van der Waals surface area contributed by atoms with Crippen molar-refractivity contribution in [3.05, 3.63) is 54.0 Å². The van der Waals surface area contributed by atoms with E-state index in [-0.39, 0.29) is 22.6 Å². The van der Waals surface area contributed by atoms with Crippen LogP contribution < -0.4 is 15.8 Å². The lowest BCUT2D eigenvalue weighted by atomic mass is 9.60. The molecule has 2 aromatic rings. The Kier molecular flexibility index (Phi) is 6.29. The number of fused-ring (bicyclic) bond motifs is 1. The summed E-state index contributed by atoms with van der Waals surface area (Å²) in [6, 6.07) is 5.06. The number of anilines is 1. The molecular weight excluding hydrogens is 510 g/mol. The van der Waals surface area contributed by atoms with Crippen molar-refractivity contribution >= 4 is 23.3 Å². The molecule has 5 heterocycles. The minimum absolute atomic E-state index is 0.0500. The molecule has 208 valence electrons. The first-order valence-corrected chi connectivity index (χ1v) is 15.1. The fraction of sp³-hybridized carbons (Fsp3) is 0.633. The zero-order valence-electron chi connectivity index (χ0n) is 23.0. The van der Waals surface area contributed by atoms with Crippen LogP contribution in [-0.4, -0.2) is 69.7 Å². The highest BCUT2D eigenvalue weighted by atomic mass is 35.5. The molecule has 3 saturated heterocycles. The molecule has 6 unspecified atom stereocenters. The lowest BCUT2D eigenvalue weighted by Crippen LogP contribution is -2.63. The number of hydrogen-bond acceptors (Lipinski definition) is 6. The lowest BCUT2D eigenvalue weighted by molar-refractivity contribution is -0.149. The number of rotatable bonds is 5. The van der Waals surface area contributed by atoms with Crippen molar-refractivity contribution in [3.63, 3.8) is 0 Å². The van der Waals surface area contributed by atoms with Gasteiger partial charge in [-0.15, -0.1) is 11.6 Å². The maximum Gasteiger partial charge on any atom is 0.245 e. The summed E-state index contributed by atoms with van der Waals surface area (Å²) < 4.78 is 2.33. The van der Waals surface area contributed by atoms with Crippen LogP contribution in [0.5, 0.6) is 0 Å². The number of halogens is 1. The van der Waals surface area contributed by atoms with Crippen LogP contribution in [0.3, 0.4) is 0 Å². The van der Waals surface area contributed by atoms with E-state index in [0.29, 0.717) is 29.8 Å². The number of pyridine rings is 1. The van der Waals surface area contributed by atoms with E-state index < -0.39 is 0 Å². The Labute approximate surface area is 236 Å². The minimum atomic E-state index is 0.0500. The molecule has 6 atom stereocenters. The summed E-state index contributed by atoms with van der Waals surface area (Å²) in [5.41, 5.74) is 11.2. The molecule has 1 spiro atoms. The van der Waals surface area contributed by atoms with Crippen molar-refractivity contribution in [1.82, 2.24) is 30.5 Å². The fourth-order valence-electron chi connectivity index (χ4n) is 8.42. The van der Waals surface area contributed by atoms with Crippen molar-refractivity contribution in [2.45, 2.75) is 68.8 Å². The Balaban J connectivity index is 1.20. The largest absolute Gasteiger partial charge is 0.354 e. The maximum absolute atomic E-state index is 12.0. The number of aromatic nitrogens is 3. The predicted molar refractivity (Wildman–Crippen MR) is 153 cm³/mol. The van der Waals surface area contributed by atoms with Crippen LogP contribution in [0, 0.1) is 24.2 Å². The van der Waals surface area contributed by atoms with Crippen LogP contribution >= 0.6 is 11.6 Å². The number of amides is 1. The second-order valence-electron chi connectivity index (χ2n) is 12.9. The Morgan fingerprint density at radius 1 is 1.31 bits per heavy atom. The number of alkyl halides is 1. The van der Waals surface area contributed by atoms with Gasteiger partial charge in [0.15, 0.2) is 5.82 Å². The number of likely N-dealkylation sites (tertiary alicyclic amines) is 1. The van der Waals surface area contributed by atoms with Gasteiger partial charge in [0.1, 0.15) is 0 Å². The van der Waals surface area contributed by atoms with Crippen LogP contribution in [0.2, 0.25) is 0 Å². The highest BCUT2D eigenvalue weighted by Crippen LogP contribution is 2.56. The summed E-state index contributed by atoms with van der Waals surface area (Å²) in [4.78, 5) is 20.9. The third kappa shape index (κ3) is 4.13. The molecule has 2 N–H and O–H groups in total. The molecule has 0 radical (unpaired) electrons. The first-order chi connectivity index (χ1) is 18.9. The fourth-order valence-corrected chi connectivity index (χ4v) is 8.83. The Hall–Kier alpha value is -2.42. The first kappa shape index (κ1) is 25.5. The van der Waals surface area contributed by atoms with E-state index >= 15 is 0 Å². The molecule has 0 bridgehead atoms. The van der Waals surface area contributed by atoms with Crippen LogP contribution in [0.4, 0.5) is 5.82 Å². The third-order valence-electron chi connectivity index (χ3n) is 10.5. The molecule has 5 fully saturated rings. The van der Waals surface area contributed by atoms with Crippen molar-refractivity contribution in [2.75, 3.05) is 37.6 Å². The lowest BCUT2D eigenvalue weighted by Gasteiger charge is -2.58. The molecule has 5 aliphatic rings. The van der Waals surface area contributed by atoms with E-state index in [1.807, 2.05) is 23.4 Å². The number of hydrazine groups is 1. The quantitative estimate of drug-likeness (QED) is 0.437. The van der Waals surface area contributed by atoms with Crippen LogP contribution in [-0.2, 0) is 4.79 Å². The highest BCUT2D eigenvalue weighted by molar-refractivity contribution is 6.21. The average Bonchev–Trinajstić information content (AvgIpc) is 3.63. The number of nitrogens with zero attached hydrogens (tertiary/aromatic N) is 5. The van der Waals surface area contributed by atoms with Crippen LogP contribution in [0.15, 0.2) is 37.2 Å². The van der Waals surface area contributed by atoms with E-state index in [1.165, 1.54) is 22.9 Å². The van der Waals surface area contributed by atoms with Crippen molar-refractivity contribution in [3.8, 4) is 0 Å². The second-order valence-corrected chi connectivity index (χ2v) is 13.4. The Morgan fingerprint density at radius 2 is 2.13 bits per heavy atom. The Bertz CT molecular complexity index is 1250. The van der Waals surface area contributed by atoms with E-state index in [9.17, 15) is 4.79 Å². The standard InChI is InChI=1S/C30H40ClN7O/c1-4-25(39)37-16-30(17-37)11-22(12-30)38-19(3)26(27-23-14-33-34-24(23)10-18(2)28(27)31)29(35-38)36-9-7-21(15-36)20-6-5-8-32-13-20/h4-6,8,13,18,21-24,27-28,33-34H,1,7,9-12,14-17H2,2-3H3. The van der Waals surface area contributed by atoms with Gasteiger partial charge in [0.25, 0.3) is 0 Å². The van der Waals surface area contributed by atoms with Gasteiger partial charge in [0.2, 0.25) is 5.91 Å². The van der Waals surface area contributed by atoms with Gasteiger partial charge in [-0.25, -0.2) is 0 Å². The molecule has 3 aliphatic heterocycles. The molecule has 2 saturated carbocycles. The molecule has 39 heavy (non-hydrogen) atoms. The molecular formula is C30H40ClN7O. The van der Waals surface area contributed by atoms with Crippen LogP contribution in [0.1, 0.15) is 67.3 Å². The van der Waals surface area contributed by atoms with Crippen molar-refractivity contribution < 1.29 is 4.79 Å². The molecule has 9 heteroatoms. The topological polar surface area (TPSA) is 78.3 Å². The van der Waals surface area contributed by atoms with Gasteiger partial charge in [0.05, 0.1) is 6.04 Å². The monoisotopic (exact) mass is 549 g/mol. The zero-order valence-corrected chi connectivity index (χ0v) is 23.8. The third-order valence-corrected chi connectivity index (χ3v) is 11.2. The maximum atomic E-state index is 12.0. The summed E-state index contributed by atoms with van der Waals surface area (Å²) in [5.74, 6) is 2.79. The number of nitrogens with one attached hydrogen (secondary N) is 2. The summed E-state index contributed by atoms with van der Waals surface area (Å²) in [6.45, 7) is 12.8. The number of carbonyl (C=O) groups excluding carboxylic acids is 1.